The summed E-state index contributed by atoms with van der Waals surface area (Å²) in [5.41, 5.74) is 6.66. The summed E-state index contributed by atoms with van der Waals surface area (Å²) in [6.07, 6.45) is 0. The lowest BCUT2D eigenvalue weighted by Crippen LogP contribution is -2.00. The van der Waals surface area contributed by atoms with E-state index in [0.29, 0.717) is 49.1 Å². The van der Waals surface area contributed by atoms with Crippen molar-refractivity contribution in [3.05, 3.63) is 176 Å². The van der Waals surface area contributed by atoms with Gasteiger partial charge in [0.05, 0.1) is 12.3 Å². The van der Waals surface area contributed by atoms with Crippen LogP contribution in [0.1, 0.15) is 12.3 Å². The molecule has 11 aromatic rings. The third kappa shape index (κ3) is 5.01. The Morgan fingerprint density at radius 2 is 1.06 bits per heavy atom. The van der Waals surface area contributed by atoms with Gasteiger partial charge >= 0.3 is 0 Å². The van der Waals surface area contributed by atoms with E-state index >= 15 is 0 Å². The molecule has 3 heterocycles. The van der Waals surface area contributed by atoms with Gasteiger partial charge in [-0.05, 0) is 51.2 Å². The van der Waals surface area contributed by atoms with Crippen LogP contribution in [0.5, 0.6) is 0 Å². The predicted octanol–water partition coefficient (Wildman–Crippen LogP) is 13.6. The second-order valence-corrected chi connectivity index (χ2v) is 13.9. The summed E-state index contributed by atoms with van der Waals surface area (Å²) in [6.45, 7) is 0. The molecule has 8 aromatic carbocycles. The van der Waals surface area contributed by atoms with E-state index in [0.717, 1.165) is 49.9 Å². The van der Waals surface area contributed by atoms with Crippen molar-refractivity contribution >= 4 is 64.2 Å². The number of thiophene rings is 1. The maximum absolute atomic E-state index is 9.09. The quantitative estimate of drug-likeness (QED) is 0.178. The summed E-state index contributed by atoms with van der Waals surface area (Å²) in [5.74, 6) is 1.29. The molecule has 11 rings (SSSR count). The van der Waals surface area contributed by atoms with Gasteiger partial charge in [0.1, 0.15) is 11.2 Å². The van der Waals surface area contributed by atoms with Crippen LogP contribution in [0.2, 0.25) is 0 Å². The monoisotopic (exact) mass is 716 g/mol. The number of benzene rings is 8. The maximum atomic E-state index is 9.09. The fourth-order valence-electron chi connectivity index (χ4n) is 7.10. The topological polar surface area (TPSA) is 51.8 Å². The SMILES string of the molecule is [2H]c1c([2H])c([2H])c2c(sc3c4c([2H])c([2H])c([2H])c([2H])c4c([2H])c([2H])c32)c1-c1ccc(-c2nc(-c3ccccc3)nc(-c3ccc4c(c3)oc3cccc(-c5ccccc5)c34)n2)cc1. The van der Waals surface area contributed by atoms with Gasteiger partial charge in [-0.1, -0.05) is 158 Å². The van der Waals surface area contributed by atoms with Crippen LogP contribution in [0.15, 0.2) is 180 Å². The Morgan fingerprint density at radius 3 is 1.85 bits per heavy atom. The van der Waals surface area contributed by atoms with Crippen molar-refractivity contribution < 1.29 is 16.8 Å². The first kappa shape index (κ1) is 22.9. The Morgan fingerprint density at radius 1 is 0.426 bits per heavy atom. The number of hydrogen-bond donors (Lipinski definition) is 0. The number of nitrogens with zero attached hydrogens (tertiary/aromatic N) is 3. The van der Waals surface area contributed by atoms with E-state index in [1.54, 1.807) is 12.1 Å². The van der Waals surface area contributed by atoms with E-state index in [1.165, 1.54) is 0 Å². The van der Waals surface area contributed by atoms with Crippen molar-refractivity contribution in [2.45, 2.75) is 0 Å². The van der Waals surface area contributed by atoms with Gasteiger partial charge in [0.25, 0.3) is 0 Å². The van der Waals surface area contributed by atoms with Crippen molar-refractivity contribution in [3.8, 4) is 56.4 Å². The smallest absolute Gasteiger partial charge is 0.164 e. The molecule has 0 aliphatic carbocycles. The molecule has 0 N–H and O–H groups in total. The summed E-state index contributed by atoms with van der Waals surface area (Å²) in [4.78, 5) is 14.8. The van der Waals surface area contributed by atoms with Crippen LogP contribution in [0.4, 0.5) is 0 Å². The zero-order valence-corrected chi connectivity index (χ0v) is 29.0. The van der Waals surface area contributed by atoms with E-state index in [9.17, 15) is 0 Å². The minimum Gasteiger partial charge on any atom is -0.456 e. The van der Waals surface area contributed by atoms with Gasteiger partial charge in [-0.25, -0.2) is 15.0 Å². The summed E-state index contributed by atoms with van der Waals surface area (Å²) >= 11 is 1.10. The first-order valence-electron chi connectivity index (χ1n) is 21.8. The summed E-state index contributed by atoms with van der Waals surface area (Å²) in [7, 11) is 0. The predicted molar refractivity (Wildman–Crippen MR) is 225 cm³/mol. The van der Waals surface area contributed by atoms with Crippen molar-refractivity contribution in [3.63, 3.8) is 0 Å². The maximum Gasteiger partial charge on any atom is 0.164 e. The van der Waals surface area contributed by atoms with E-state index in [4.69, 9.17) is 31.7 Å². The summed E-state index contributed by atoms with van der Waals surface area (Å²) in [5, 5.41) is 2.32. The second-order valence-electron chi connectivity index (χ2n) is 12.9. The molecule has 0 saturated heterocycles. The van der Waals surface area contributed by atoms with Crippen LogP contribution < -0.4 is 0 Å². The molecule has 0 atom stereocenters. The third-order valence-electron chi connectivity index (χ3n) is 9.68. The molecule has 5 heteroatoms. The molecule has 252 valence electrons. The molecule has 0 fully saturated rings. The first-order valence-corrected chi connectivity index (χ1v) is 18.1. The van der Waals surface area contributed by atoms with Crippen LogP contribution in [-0.2, 0) is 0 Å². The Kier molecular flexibility index (Phi) is 5.22. The minimum atomic E-state index is -0.504. The zero-order valence-electron chi connectivity index (χ0n) is 37.2. The van der Waals surface area contributed by atoms with Crippen LogP contribution >= 0.6 is 11.3 Å². The molecule has 54 heavy (non-hydrogen) atoms. The highest BCUT2D eigenvalue weighted by molar-refractivity contribution is 7.27. The number of aromatic nitrogens is 3. The van der Waals surface area contributed by atoms with Gasteiger partial charge in [0.2, 0.25) is 0 Å². The molecule has 0 saturated carbocycles. The lowest BCUT2D eigenvalue weighted by molar-refractivity contribution is 0.669. The van der Waals surface area contributed by atoms with E-state index in [2.05, 4.69) is 18.2 Å². The molecule has 0 bridgehead atoms. The minimum absolute atomic E-state index is 0.0771. The molecule has 3 aromatic heterocycles. The second kappa shape index (κ2) is 12.3. The first-order chi connectivity index (χ1) is 30.5. The zero-order chi connectivity index (χ0) is 43.4. The van der Waals surface area contributed by atoms with Crippen LogP contribution in [0.3, 0.4) is 0 Å². The molecule has 0 unspecified atom stereocenters. The Bertz CT molecular complexity index is 3730. The van der Waals surface area contributed by atoms with E-state index in [1.807, 2.05) is 91.0 Å². The largest absolute Gasteiger partial charge is 0.456 e. The van der Waals surface area contributed by atoms with Gasteiger partial charge in [-0.3, -0.25) is 0 Å². The highest BCUT2D eigenvalue weighted by Gasteiger charge is 2.18. The highest BCUT2D eigenvalue weighted by Crippen LogP contribution is 2.43. The average molecular weight is 717 g/mol. The van der Waals surface area contributed by atoms with Crippen molar-refractivity contribution in [2.24, 2.45) is 0 Å². The lowest BCUT2D eigenvalue weighted by atomic mass is 9.99. The normalized spacial score (nSPS) is 14.0. The van der Waals surface area contributed by atoms with Crippen LogP contribution in [-0.4, -0.2) is 15.0 Å². The standard InChI is InChI=1S/C49H29N3OS/c1-3-11-30(12-4-1)36-17-10-20-42-44(36)41-28-26-35(29-43(41)53-42)49-51-47(33-14-5-2-6-15-33)50-48(52-49)34-23-21-32(22-24-34)38-18-9-19-39-40-27-25-31-13-7-8-16-37(31)46(40)54-45(38)39/h1-29H/i7D,8D,9D,13D,16D,18D,19D,25D,27D. The molecular weight excluding hydrogens is 679 g/mol. The summed E-state index contributed by atoms with van der Waals surface area (Å²) in [6, 6.07) is 35.7. The Labute approximate surface area is 327 Å². The van der Waals surface area contributed by atoms with Crippen LogP contribution in [0, 0.1) is 0 Å². The fraction of sp³-hybridized carbons (Fsp3) is 0. The average Bonchev–Trinajstić information content (AvgIpc) is 3.90. The van der Waals surface area contributed by atoms with Gasteiger partial charge in [-0.2, -0.15) is 0 Å². The van der Waals surface area contributed by atoms with Crippen molar-refractivity contribution in [1.29, 1.82) is 0 Å². The third-order valence-corrected chi connectivity index (χ3v) is 10.9. The summed E-state index contributed by atoms with van der Waals surface area (Å²) < 4.78 is 85.8. The number of furan rings is 1. The molecule has 4 nitrogen and oxygen atoms in total. The molecule has 0 spiro atoms. The van der Waals surface area contributed by atoms with E-state index < -0.39 is 24.2 Å². The fourth-order valence-corrected chi connectivity index (χ4v) is 8.34. The van der Waals surface area contributed by atoms with Crippen molar-refractivity contribution in [2.75, 3.05) is 0 Å². The van der Waals surface area contributed by atoms with Gasteiger partial charge in [-0.15, -0.1) is 11.3 Å². The van der Waals surface area contributed by atoms with Crippen molar-refractivity contribution in [1.82, 2.24) is 15.0 Å². The molecule has 0 amide bonds. The van der Waals surface area contributed by atoms with Gasteiger partial charge in [0, 0.05) is 47.6 Å². The number of rotatable bonds is 5. The van der Waals surface area contributed by atoms with Crippen LogP contribution in [0.25, 0.3) is 109 Å². The number of hydrogen-bond acceptors (Lipinski definition) is 5. The Balaban J connectivity index is 1.06. The molecule has 0 aliphatic rings. The van der Waals surface area contributed by atoms with Gasteiger partial charge in [0.15, 0.2) is 17.5 Å². The molecule has 0 aliphatic heterocycles. The molecular formula is C49H29N3OS. The Hall–Kier alpha value is -6.95. The van der Waals surface area contributed by atoms with Gasteiger partial charge < -0.3 is 4.42 Å². The lowest BCUT2D eigenvalue weighted by Gasteiger charge is -2.09. The van der Waals surface area contributed by atoms with E-state index in [-0.39, 0.29) is 51.8 Å². The number of fused-ring (bicyclic) bond motifs is 8. The highest BCUT2D eigenvalue weighted by atomic mass is 32.1. The molecule has 0 radical (unpaired) electrons.